The maximum Gasteiger partial charge on any atom is 0.349 e. The largest absolute Gasteiger partial charge is 0.419 e. The van der Waals surface area contributed by atoms with Gasteiger partial charge in [-0.1, -0.05) is 46.6 Å². The summed E-state index contributed by atoms with van der Waals surface area (Å²) < 4.78 is 68.7. The quantitative estimate of drug-likeness (QED) is 0.275. The predicted octanol–water partition coefficient (Wildman–Crippen LogP) is 5.38. The lowest BCUT2D eigenvalue weighted by molar-refractivity contribution is -0.147. The number of rotatable bonds is 5. The minimum absolute atomic E-state index is 0.00726. The summed E-state index contributed by atoms with van der Waals surface area (Å²) in [5, 5.41) is 11.9. The van der Waals surface area contributed by atoms with E-state index in [2.05, 4.69) is 15.4 Å². The highest BCUT2D eigenvalue weighted by Crippen LogP contribution is 2.54. The van der Waals surface area contributed by atoms with Crippen LogP contribution in [0.25, 0.3) is 11.0 Å². The van der Waals surface area contributed by atoms with Crippen LogP contribution < -0.4 is 0 Å². The van der Waals surface area contributed by atoms with Crippen LogP contribution in [-0.2, 0) is 10.7 Å². The Morgan fingerprint density at radius 2 is 1.71 bits per heavy atom. The number of para-hydroxylation sites is 1. The predicted molar refractivity (Wildman–Crippen MR) is 138 cm³/mol. The molecule has 9 nitrogen and oxygen atoms in total. The Morgan fingerprint density at radius 3 is 2.43 bits per heavy atom. The Labute approximate surface area is 244 Å². The number of fused-ring (bicyclic) bond motifs is 1. The highest BCUT2D eigenvalue weighted by Gasteiger charge is 2.66. The monoisotopic (exact) mass is 623 g/mol. The fourth-order valence-electron chi connectivity index (χ4n) is 5.86. The van der Waals surface area contributed by atoms with Crippen molar-refractivity contribution in [1.29, 1.82) is 0 Å². The van der Waals surface area contributed by atoms with E-state index in [1.54, 1.807) is 24.3 Å². The average Bonchev–Trinajstić information content (AvgIpc) is 3.40. The normalized spacial score (nSPS) is 22.5. The molecule has 2 aliphatic heterocycles. The van der Waals surface area contributed by atoms with Crippen molar-refractivity contribution in [3.05, 3.63) is 75.5 Å². The number of alkyl halides is 4. The molecule has 0 radical (unpaired) electrons. The van der Waals surface area contributed by atoms with Crippen molar-refractivity contribution in [2.24, 2.45) is 11.3 Å². The molecule has 0 bridgehead atoms. The van der Waals surface area contributed by atoms with E-state index < -0.39 is 58.8 Å². The number of nitrogens with zero attached hydrogens (tertiary/aromatic N) is 5. The van der Waals surface area contributed by atoms with Gasteiger partial charge in [0.15, 0.2) is 11.3 Å². The Balaban J connectivity index is 1.19. The lowest BCUT2D eigenvalue weighted by Crippen LogP contribution is -2.62. The van der Waals surface area contributed by atoms with Crippen LogP contribution in [0.1, 0.15) is 40.2 Å². The van der Waals surface area contributed by atoms with Crippen molar-refractivity contribution >= 4 is 46.0 Å². The molecule has 2 amide bonds. The zero-order chi connectivity index (χ0) is 29.6. The van der Waals surface area contributed by atoms with Crippen LogP contribution in [0.5, 0.6) is 0 Å². The second-order valence-corrected chi connectivity index (χ2v) is 11.8. The van der Waals surface area contributed by atoms with Gasteiger partial charge in [-0.25, -0.2) is 8.78 Å². The van der Waals surface area contributed by atoms with Crippen LogP contribution >= 0.6 is 23.2 Å². The number of hydrogen-bond donors (Lipinski definition) is 0. The number of amides is 2. The molecule has 3 fully saturated rings. The van der Waals surface area contributed by atoms with E-state index in [1.807, 2.05) is 0 Å². The number of hydrogen-bond acceptors (Lipinski definition) is 7. The van der Waals surface area contributed by atoms with Crippen LogP contribution in [0, 0.1) is 11.3 Å². The second kappa shape index (κ2) is 9.14. The smallest absolute Gasteiger partial charge is 0.349 e. The summed E-state index contributed by atoms with van der Waals surface area (Å²) in [4.78, 5) is 29.0. The van der Waals surface area contributed by atoms with E-state index in [9.17, 15) is 18.4 Å². The highest BCUT2D eigenvalue weighted by atomic mass is 35.5. The van der Waals surface area contributed by atoms with Gasteiger partial charge in [0, 0.05) is 43.6 Å². The van der Waals surface area contributed by atoms with Crippen molar-refractivity contribution in [3.8, 4) is 0 Å². The molecule has 218 valence electrons. The zero-order valence-electron chi connectivity index (χ0n) is 21.4. The summed E-state index contributed by atoms with van der Waals surface area (Å²) in [5.41, 5.74) is -0.946. The molecule has 3 aliphatic rings. The number of aromatic nitrogens is 3. The third-order valence-corrected chi connectivity index (χ3v) is 8.99. The van der Waals surface area contributed by atoms with E-state index in [4.69, 9.17) is 32.1 Å². The van der Waals surface area contributed by atoms with Crippen molar-refractivity contribution in [2.45, 2.75) is 24.2 Å². The first-order valence-corrected chi connectivity index (χ1v) is 13.6. The van der Waals surface area contributed by atoms with Gasteiger partial charge in [0.05, 0.1) is 21.3 Å². The molecule has 2 aromatic heterocycles. The van der Waals surface area contributed by atoms with Crippen LogP contribution in [-0.4, -0.2) is 69.1 Å². The average molecular weight is 624 g/mol. The maximum absolute atomic E-state index is 15.4. The maximum atomic E-state index is 15.4. The van der Waals surface area contributed by atoms with Crippen LogP contribution in [0.15, 0.2) is 51.4 Å². The van der Waals surface area contributed by atoms with Crippen molar-refractivity contribution < 1.29 is 36.1 Å². The molecule has 1 aliphatic carbocycles. The van der Waals surface area contributed by atoms with Crippen LogP contribution in [0.3, 0.4) is 0 Å². The summed E-state index contributed by atoms with van der Waals surface area (Å²) in [6.07, 6.45) is -0.514. The first kappa shape index (κ1) is 27.1. The molecule has 2 aromatic carbocycles. The van der Waals surface area contributed by atoms with E-state index in [-0.39, 0.29) is 47.8 Å². The third-order valence-electron chi connectivity index (χ3n) is 8.25. The summed E-state index contributed by atoms with van der Waals surface area (Å²) in [7, 11) is 0. The molecule has 7 rings (SSSR count). The van der Waals surface area contributed by atoms with E-state index in [1.165, 1.54) is 15.9 Å². The number of halogens is 6. The Bertz CT molecular complexity index is 1750. The summed E-state index contributed by atoms with van der Waals surface area (Å²) in [6, 6.07) is 10.1. The van der Waals surface area contributed by atoms with E-state index in [0.29, 0.717) is 11.0 Å². The molecule has 15 heteroatoms. The minimum Gasteiger partial charge on any atom is -0.419 e. The molecule has 42 heavy (non-hydrogen) atoms. The number of benzene rings is 2. The first-order chi connectivity index (χ1) is 19.9. The molecule has 4 aromatic rings. The first-order valence-electron chi connectivity index (χ1n) is 12.9. The van der Waals surface area contributed by atoms with Gasteiger partial charge < -0.3 is 18.7 Å². The van der Waals surface area contributed by atoms with Gasteiger partial charge in [0.25, 0.3) is 17.7 Å². The van der Waals surface area contributed by atoms with E-state index in [0.717, 1.165) is 12.1 Å². The Morgan fingerprint density at radius 1 is 1.00 bits per heavy atom. The Kier molecular flexibility index (Phi) is 5.91. The molecule has 1 unspecified atom stereocenters. The third kappa shape index (κ3) is 4.16. The van der Waals surface area contributed by atoms with E-state index >= 15 is 8.78 Å². The Hall–Kier alpha value is -3.71. The van der Waals surface area contributed by atoms with Gasteiger partial charge in [-0.2, -0.15) is 8.78 Å². The zero-order valence-corrected chi connectivity index (χ0v) is 22.9. The molecule has 4 heterocycles. The highest BCUT2D eigenvalue weighted by molar-refractivity contribution is 6.42. The van der Waals surface area contributed by atoms with Gasteiger partial charge in [0.2, 0.25) is 11.8 Å². The topological polar surface area (TPSA) is 106 Å². The van der Waals surface area contributed by atoms with Crippen molar-refractivity contribution in [2.75, 3.05) is 26.2 Å². The van der Waals surface area contributed by atoms with Gasteiger partial charge in [-0.3, -0.25) is 9.59 Å². The molecule has 2 saturated heterocycles. The SMILES string of the molecule is O=C(c1noc2ccccc12)N1CC(c2nnc(C(F)(F)c3ccc(Cl)c(Cl)c3)o2)C2(C1)CN(C(=O)[C@H]1CC1(F)F)C2. The number of carbonyl (C=O) groups excluding carboxylic acids is 2. The second-order valence-electron chi connectivity index (χ2n) is 11.0. The fourth-order valence-corrected chi connectivity index (χ4v) is 6.16. The minimum atomic E-state index is -3.72. The van der Waals surface area contributed by atoms with Gasteiger partial charge in [-0.05, 0) is 24.3 Å². The van der Waals surface area contributed by atoms with Gasteiger partial charge >= 0.3 is 5.92 Å². The number of likely N-dealkylation sites (tertiary alicyclic amines) is 2. The van der Waals surface area contributed by atoms with Crippen LogP contribution in [0.4, 0.5) is 17.6 Å². The fraction of sp³-hybridized carbons (Fsp3) is 0.370. The molecular weight excluding hydrogens is 605 g/mol. The molecular formula is C27H19Cl2F4N5O4. The van der Waals surface area contributed by atoms with Gasteiger partial charge in [0.1, 0.15) is 5.92 Å². The summed E-state index contributed by atoms with van der Waals surface area (Å²) >= 11 is 11.8. The van der Waals surface area contributed by atoms with Crippen molar-refractivity contribution in [1.82, 2.24) is 25.2 Å². The van der Waals surface area contributed by atoms with Crippen molar-refractivity contribution in [3.63, 3.8) is 0 Å². The molecule has 1 spiro atoms. The number of carbonyl (C=O) groups is 2. The lowest BCUT2D eigenvalue weighted by Gasteiger charge is -2.50. The standard InChI is InChI=1S/C27H19Cl2F4N5O4/c28-17-6-5-13(7-18(17)29)27(32,33)24-35-34-21(41-24)16-9-37(23(40)20-14-3-1-2-4-19(14)42-36-20)10-25(16)11-38(12-25)22(39)15-8-26(15,30)31/h1-7,15-16H,8-12H2/t15-,16?/m1/s1. The molecule has 1 saturated carbocycles. The van der Waals surface area contributed by atoms with Gasteiger partial charge in [-0.15, -0.1) is 10.2 Å². The summed E-state index contributed by atoms with van der Waals surface area (Å²) in [6.45, 7) is 0.0612. The lowest BCUT2D eigenvalue weighted by atomic mass is 9.71. The molecule has 2 atom stereocenters. The van der Waals surface area contributed by atoms with Crippen LogP contribution in [0.2, 0.25) is 10.0 Å². The summed E-state index contributed by atoms with van der Waals surface area (Å²) in [5.74, 6) is -11.3. The molecule has 0 N–H and O–H groups in total.